The first-order chi connectivity index (χ1) is 14.6. The first-order valence-electron chi connectivity index (χ1n) is 9.85. The quantitative estimate of drug-likeness (QED) is 0.497. The van der Waals surface area contributed by atoms with Crippen LogP contribution in [0, 0.1) is 0 Å². The van der Waals surface area contributed by atoms with Crippen molar-refractivity contribution >= 4 is 27.7 Å². The molecule has 1 amide bonds. The lowest BCUT2D eigenvalue weighted by molar-refractivity contribution is -0.122. The summed E-state index contributed by atoms with van der Waals surface area (Å²) < 4.78 is 6.21. The number of aromatic nitrogens is 3. The standard InChI is InChI=1S/C23H22N4O2S/c1-16(12-13-17-8-4-2-5-9-17)25-19(28)14-27-15-24-21-20(18-10-6-3-7-11-18)26-30-22(21)23(27)29/h2-11,15-16H,12-14H2,1H3,(H,25,28)/t16-/m0/s1. The second-order valence-electron chi connectivity index (χ2n) is 7.25. The Hall–Kier alpha value is -3.32. The third kappa shape index (κ3) is 4.46. The van der Waals surface area contributed by atoms with Crippen LogP contribution in [0.2, 0.25) is 0 Å². The Morgan fingerprint density at radius 1 is 1.10 bits per heavy atom. The lowest BCUT2D eigenvalue weighted by Gasteiger charge is -2.14. The molecular weight excluding hydrogens is 396 g/mol. The van der Waals surface area contributed by atoms with Crippen molar-refractivity contribution in [2.75, 3.05) is 0 Å². The molecule has 0 aliphatic carbocycles. The summed E-state index contributed by atoms with van der Waals surface area (Å²) in [6.07, 6.45) is 3.15. The van der Waals surface area contributed by atoms with Gasteiger partial charge in [-0.05, 0) is 36.9 Å². The molecule has 7 heteroatoms. The number of fused-ring (bicyclic) bond motifs is 1. The number of aryl methyl sites for hydroxylation is 1. The van der Waals surface area contributed by atoms with Gasteiger partial charge in [-0.1, -0.05) is 60.7 Å². The molecule has 152 valence electrons. The van der Waals surface area contributed by atoms with Crippen LogP contribution in [0.3, 0.4) is 0 Å². The van der Waals surface area contributed by atoms with Gasteiger partial charge in [-0.2, -0.15) is 4.37 Å². The number of nitrogens with zero attached hydrogens (tertiary/aromatic N) is 3. The highest BCUT2D eigenvalue weighted by atomic mass is 32.1. The Labute approximate surface area is 178 Å². The second kappa shape index (κ2) is 9.00. The van der Waals surface area contributed by atoms with Crippen molar-refractivity contribution in [3.05, 3.63) is 82.9 Å². The summed E-state index contributed by atoms with van der Waals surface area (Å²) in [6.45, 7) is 1.91. The molecule has 1 N–H and O–H groups in total. The lowest BCUT2D eigenvalue weighted by Crippen LogP contribution is -2.37. The highest BCUT2D eigenvalue weighted by Crippen LogP contribution is 2.26. The minimum absolute atomic E-state index is 0.0122. The van der Waals surface area contributed by atoms with Gasteiger partial charge in [0, 0.05) is 11.6 Å². The van der Waals surface area contributed by atoms with E-state index in [2.05, 4.69) is 26.8 Å². The average Bonchev–Trinajstić information content (AvgIpc) is 3.20. The van der Waals surface area contributed by atoms with Crippen molar-refractivity contribution in [3.63, 3.8) is 0 Å². The van der Waals surface area contributed by atoms with Gasteiger partial charge in [-0.3, -0.25) is 14.2 Å². The van der Waals surface area contributed by atoms with Gasteiger partial charge < -0.3 is 5.32 Å². The van der Waals surface area contributed by atoms with Gasteiger partial charge in [-0.25, -0.2) is 4.98 Å². The molecule has 0 fully saturated rings. The molecule has 30 heavy (non-hydrogen) atoms. The van der Waals surface area contributed by atoms with E-state index in [0.717, 1.165) is 29.9 Å². The van der Waals surface area contributed by atoms with Crippen LogP contribution in [0.15, 0.2) is 71.8 Å². The molecule has 0 aliphatic rings. The van der Waals surface area contributed by atoms with Gasteiger partial charge in [0.05, 0.1) is 6.33 Å². The van der Waals surface area contributed by atoms with E-state index in [-0.39, 0.29) is 24.1 Å². The summed E-state index contributed by atoms with van der Waals surface area (Å²) in [4.78, 5) is 29.7. The normalized spacial score (nSPS) is 12.0. The molecule has 0 unspecified atom stereocenters. The summed E-state index contributed by atoms with van der Waals surface area (Å²) in [5, 5.41) is 2.97. The fourth-order valence-corrected chi connectivity index (χ4v) is 4.13. The maximum atomic E-state index is 12.8. The van der Waals surface area contributed by atoms with Crippen molar-refractivity contribution in [1.82, 2.24) is 19.2 Å². The minimum Gasteiger partial charge on any atom is -0.352 e. The molecule has 0 saturated carbocycles. The number of rotatable bonds is 7. The van der Waals surface area contributed by atoms with Crippen LogP contribution in [0.5, 0.6) is 0 Å². The van der Waals surface area contributed by atoms with E-state index in [9.17, 15) is 9.59 Å². The number of carbonyl (C=O) groups is 1. The zero-order valence-electron chi connectivity index (χ0n) is 16.6. The minimum atomic E-state index is -0.244. The van der Waals surface area contributed by atoms with E-state index in [1.54, 1.807) is 0 Å². The molecule has 2 heterocycles. The van der Waals surface area contributed by atoms with Gasteiger partial charge in [0.25, 0.3) is 5.56 Å². The molecule has 4 aromatic rings. The van der Waals surface area contributed by atoms with Crippen molar-refractivity contribution in [1.29, 1.82) is 0 Å². The summed E-state index contributed by atoms with van der Waals surface area (Å²) in [5.74, 6) is -0.202. The summed E-state index contributed by atoms with van der Waals surface area (Å²) >= 11 is 1.12. The zero-order valence-corrected chi connectivity index (χ0v) is 17.4. The van der Waals surface area contributed by atoms with Gasteiger partial charge >= 0.3 is 0 Å². The van der Waals surface area contributed by atoms with Gasteiger partial charge in [0.2, 0.25) is 5.91 Å². The van der Waals surface area contributed by atoms with Crippen LogP contribution in [0.25, 0.3) is 21.5 Å². The number of hydrogen-bond donors (Lipinski definition) is 1. The molecule has 2 aromatic carbocycles. The molecular formula is C23H22N4O2S. The van der Waals surface area contributed by atoms with Gasteiger partial charge in [-0.15, -0.1) is 0 Å². The van der Waals surface area contributed by atoms with E-state index in [1.165, 1.54) is 16.5 Å². The van der Waals surface area contributed by atoms with E-state index < -0.39 is 0 Å². The molecule has 0 saturated heterocycles. The largest absolute Gasteiger partial charge is 0.352 e. The van der Waals surface area contributed by atoms with Crippen LogP contribution >= 0.6 is 11.5 Å². The Kier molecular flexibility index (Phi) is 5.99. The number of amides is 1. The van der Waals surface area contributed by atoms with Crippen molar-refractivity contribution in [3.8, 4) is 11.3 Å². The fraction of sp³-hybridized carbons (Fsp3) is 0.217. The lowest BCUT2D eigenvalue weighted by atomic mass is 10.1. The molecule has 1 atom stereocenters. The Morgan fingerprint density at radius 3 is 2.53 bits per heavy atom. The van der Waals surface area contributed by atoms with Crippen LogP contribution in [-0.2, 0) is 17.8 Å². The third-order valence-corrected chi connectivity index (χ3v) is 5.75. The van der Waals surface area contributed by atoms with Crippen molar-refractivity contribution < 1.29 is 4.79 Å². The number of benzene rings is 2. The van der Waals surface area contributed by atoms with Crippen LogP contribution < -0.4 is 10.9 Å². The number of carbonyl (C=O) groups excluding carboxylic acids is 1. The molecule has 4 rings (SSSR count). The fourth-order valence-electron chi connectivity index (χ4n) is 3.33. The van der Waals surface area contributed by atoms with Crippen LogP contribution in [0.1, 0.15) is 18.9 Å². The molecule has 0 bridgehead atoms. The molecule has 0 spiro atoms. The maximum absolute atomic E-state index is 12.8. The van der Waals surface area contributed by atoms with Gasteiger partial charge in [0.1, 0.15) is 22.5 Å². The maximum Gasteiger partial charge on any atom is 0.273 e. The molecule has 6 nitrogen and oxygen atoms in total. The van der Waals surface area contributed by atoms with Crippen molar-refractivity contribution in [2.45, 2.75) is 32.4 Å². The van der Waals surface area contributed by atoms with E-state index >= 15 is 0 Å². The topological polar surface area (TPSA) is 76.9 Å². The zero-order chi connectivity index (χ0) is 20.9. The second-order valence-corrected chi connectivity index (χ2v) is 8.02. The number of nitrogens with one attached hydrogen (secondary N) is 1. The van der Waals surface area contributed by atoms with Crippen LogP contribution in [-0.4, -0.2) is 25.9 Å². The number of hydrogen-bond acceptors (Lipinski definition) is 5. The highest BCUT2D eigenvalue weighted by molar-refractivity contribution is 7.13. The highest BCUT2D eigenvalue weighted by Gasteiger charge is 2.16. The molecule has 2 aromatic heterocycles. The van der Waals surface area contributed by atoms with E-state index in [0.29, 0.717) is 15.9 Å². The summed E-state index contributed by atoms with van der Waals surface area (Å²) in [7, 11) is 0. The predicted molar refractivity (Wildman–Crippen MR) is 119 cm³/mol. The first kappa shape index (κ1) is 20.0. The van der Waals surface area contributed by atoms with Crippen molar-refractivity contribution in [2.24, 2.45) is 0 Å². The average molecular weight is 419 g/mol. The Balaban J connectivity index is 1.43. The predicted octanol–water partition coefficient (Wildman–Crippen LogP) is 3.66. The van der Waals surface area contributed by atoms with Crippen LogP contribution in [0.4, 0.5) is 0 Å². The Morgan fingerprint density at radius 2 is 1.80 bits per heavy atom. The van der Waals surface area contributed by atoms with E-state index in [4.69, 9.17) is 0 Å². The molecule has 0 radical (unpaired) electrons. The van der Waals surface area contributed by atoms with Gasteiger partial charge in [0.15, 0.2) is 0 Å². The molecule has 0 aliphatic heterocycles. The van der Waals surface area contributed by atoms with E-state index in [1.807, 2.05) is 55.5 Å². The third-order valence-electron chi connectivity index (χ3n) is 4.93. The smallest absolute Gasteiger partial charge is 0.273 e. The monoisotopic (exact) mass is 418 g/mol. The Bertz CT molecular complexity index is 1200. The SMILES string of the molecule is C[C@@H](CCc1ccccc1)NC(=O)Cn1cnc2c(-c3ccccc3)nsc2c1=O. The summed E-state index contributed by atoms with van der Waals surface area (Å²) in [5.41, 5.74) is 3.18. The first-order valence-corrected chi connectivity index (χ1v) is 10.6. The summed E-state index contributed by atoms with van der Waals surface area (Å²) in [6, 6.07) is 19.8.